The number of benzene rings is 2. The van der Waals surface area contributed by atoms with Crippen LogP contribution < -0.4 is 5.32 Å². The second kappa shape index (κ2) is 6.28. The first-order chi connectivity index (χ1) is 12.2. The summed E-state index contributed by atoms with van der Waals surface area (Å²) in [5.74, 6) is 0.942. The maximum absolute atomic E-state index is 12.6. The summed E-state index contributed by atoms with van der Waals surface area (Å²) in [4.78, 5) is 12.6. The fourth-order valence-corrected chi connectivity index (χ4v) is 2.79. The van der Waals surface area contributed by atoms with Crippen LogP contribution in [0.25, 0.3) is 11.0 Å². The lowest BCUT2D eigenvalue weighted by Crippen LogP contribution is -2.29. The first-order valence-electron chi connectivity index (χ1n) is 7.98. The van der Waals surface area contributed by atoms with Crippen molar-refractivity contribution < 1.29 is 13.7 Å². The van der Waals surface area contributed by atoms with Gasteiger partial charge in [0, 0.05) is 11.5 Å². The minimum absolute atomic E-state index is 0.245. The van der Waals surface area contributed by atoms with E-state index in [-0.39, 0.29) is 11.6 Å². The number of hydrogen-bond donors (Lipinski definition) is 1. The number of carbonyl (C=O) groups is 1. The topological polar surface area (TPSA) is 68.3 Å². The predicted molar refractivity (Wildman–Crippen MR) is 93.2 cm³/mol. The second-order valence-corrected chi connectivity index (χ2v) is 5.83. The van der Waals surface area contributed by atoms with E-state index in [1.165, 1.54) is 0 Å². The highest BCUT2D eigenvalue weighted by Gasteiger charge is 2.23. The zero-order valence-electron chi connectivity index (χ0n) is 13.6. The number of aromatic nitrogens is 1. The predicted octanol–water partition coefficient (Wildman–Crippen LogP) is 4.25. The first-order valence-corrected chi connectivity index (χ1v) is 7.98. The highest BCUT2D eigenvalue weighted by Crippen LogP contribution is 2.28. The van der Waals surface area contributed by atoms with Crippen LogP contribution in [0.1, 0.15) is 33.6 Å². The first kappa shape index (κ1) is 15.2. The van der Waals surface area contributed by atoms with Crippen LogP contribution in [0.15, 0.2) is 75.7 Å². The van der Waals surface area contributed by atoms with Crippen molar-refractivity contribution >= 4 is 16.9 Å². The summed E-state index contributed by atoms with van der Waals surface area (Å²) in [5, 5.41) is 7.76. The molecule has 5 heteroatoms. The molecule has 5 nitrogen and oxygen atoms in total. The maximum atomic E-state index is 12.6. The molecule has 0 spiro atoms. The summed E-state index contributed by atoms with van der Waals surface area (Å²) >= 11 is 0. The zero-order chi connectivity index (χ0) is 17.2. The van der Waals surface area contributed by atoms with Gasteiger partial charge in [-0.1, -0.05) is 53.7 Å². The lowest BCUT2D eigenvalue weighted by molar-refractivity contribution is 0.0930. The van der Waals surface area contributed by atoms with E-state index >= 15 is 0 Å². The maximum Gasteiger partial charge on any atom is 0.274 e. The highest BCUT2D eigenvalue weighted by atomic mass is 16.5. The molecule has 2 aromatic carbocycles. The lowest BCUT2D eigenvalue weighted by Gasteiger charge is -2.16. The van der Waals surface area contributed by atoms with Gasteiger partial charge in [0.25, 0.3) is 5.91 Å². The fraction of sp³-hybridized carbons (Fsp3) is 0.100. The molecule has 0 aliphatic heterocycles. The van der Waals surface area contributed by atoms with E-state index in [4.69, 9.17) is 8.94 Å². The summed E-state index contributed by atoms with van der Waals surface area (Å²) in [5.41, 5.74) is 1.95. The standard InChI is InChI=1S/C20H16N2O3/c1-13-11-16(22-25-13)20(23)21-19(14-7-3-2-4-8-14)18-12-15-9-5-6-10-17(15)24-18/h2-12,19H,1H3,(H,21,23)/t19-/m0/s1. The van der Waals surface area contributed by atoms with Gasteiger partial charge in [0.2, 0.25) is 0 Å². The Morgan fingerprint density at radius 1 is 1.04 bits per heavy atom. The van der Waals surface area contributed by atoms with Gasteiger partial charge >= 0.3 is 0 Å². The molecule has 0 fully saturated rings. The second-order valence-electron chi connectivity index (χ2n) is 5.83. The van der Waals surface area contributed by atoms with Crippen LogP contribution in [0.4, 0.5) is 0 Å². The van der Waals surface area contributed by atoms with Gasteiger partial charge in [-0.25, -0.2) is 0 Å². The summed E-state index contributed by atoms with van der Waals surface area (Å²) in [6.07, 6.45) is 0. The molecule has 0 bridgehead atoms. The van der Waals surface area contributed by atoms with Crippen LogP contribution in [0.3, 0.4) is 0 Å². The van der Waals surface area contributed by atoms with Crippen molar-refractivity contribution in [3.8, 4) is 0 Å². The minimum atomic E-state index is -0.418. The largest absolute Gasteiger partial charge is 0.459 e. The number of hydrogen-bond acceptors (Lipinski definition) is 4. The molecule has 0 saturated carbocycles. The number of rotatable bonds is 4. The van der Waals surface area contributed by atoms with Crippen molar-refractivity contribution in [1.29, 1.82) is 0 Å². The smallest absolute Gasteiger partial charge is 0.274 e. The van der Waals surface area contributed by atoms with Crippen molar-refractivity contribution in [2.75, 3.05) is 0 Å². The van der Waals surface area contributed by atoms with E-state index in [2.05, 4.69) is 10.5 Å². The average Bonchev–Trinajstić information content (AvgIpc) is 3.26. The molecule has 4 aromatic rings. The van der Waals surface area contributed by atoms with Crippen LogP contribution >= 0.6 is 0 Å². The lowest BCUT2D eigenvalue weighted by atomic mass is 10.0. The van der Waals surface area contributed by atoms with E-state index in [9.17, 15) is 4.79 Å². The monoisotopic (exact) mass is 332 g/mol. The van der Waals surface area contributed by atoms with E-state index in [0.717, 1.165) is 16.5 Å². The summed E-state index contributed by atoms with van der Waals surface area (Å²) in [6, 6.07) is 20.6. The number of furan rings is 1. The third-order valence-corrected chi connectivity index (χ3v) is 4.00. The third-order valence-electron chi connectivity index (χ3n) is 4.00. The summed E-state index contributed by atoms with van der Waals surface area (Å²) in [6.45, 7) is 1.75. The van der Waals surface area contributed by atoms with Crippen molar-refractivity contribution in [1.82, 2.24) is 10.5 Å². The quantitative estimate of drug-likeness (QED) is 0.606. The third kappa shape index (κ3) is 3.04. The number of nitrogens with one attached hydrogen (secondary N) is 1. The molecule has 1 atom stereocenters. The van der Waals surface area contributed by atoms with E-state index in [1.54, 1.807) is 13.0 Å². The SMILES string of the molecule is Cc1cc(C(=O)N[C@@H](c2ccccc2)c2cc3ccccc3o2)no1. The normalized spacial score (nSPS) is 12.2. The molecular weight excluding hydrogens is 316 g/mol. The fourth-order valence-electron chi connectivity index (χ4n) is 2.79. The number of para-hydroxylation sites is 1. The Morgan fingerprint density at radius 3 is 2.52 bits per heavy atom. The molecule has 2 aromatic heterocycles. The molecular formula is C20H16N2O3. The van der Waals surface area contributed by atoms with Crippen LogP contribution in [-0.4, -0.2) is 11.1 Å². The molecule has 1 N–H and O–H groups in total. The molecule has 0 aliphatic carbocycles. The van der Waals surface area contributed by atoms with Gasteiger partial charge in [0.15, 0.2) is 5.69 Å². The molecule has 25 heavy (non-hydrogen) atoms. The number of aryl methyl sites for hydroxylation is 1. The van der Waals surface area contributed by atoms with Gasteiger partial charge < -0.3 is 14.3 Å². The van der Waals surface area contributed by atoms with Crippen LogP contribution in [-0.2, 0) is 0 Å². The number of amides is 1. The Kier molecular flexibility index (Phi) is 3.82. The Morgan fingerprint density at radius 2 is 1.80 bits per heavy atom. The van der Waals surface area contributed by atoms with E-state index in [1.807, 2.05) is 60.7 Å². The number of carbonyl (C=O) groups excluding carboxylic acids is 1. The molecule has 0 radical (unpaired) electrons. The minimum Gasteiger partial charge on any atom is -0.459 e. The summed E-state index contributed by atoms with van der Waals surface area (Å²) < 4.78 is 11.0. The van der Waals surface area contributed by atoms with Crippen molar-refractivity contribution in [3.63, 3.8) is 0 Å². The van der Waals surface area contributed by atoms with Crippen molar-refractivity contribution in [3.05, 3.63) is 89.5 Å². The summed E-state index contributed by atoms with van der Waals surface area (Å²) in [7, 11) is 0. The van der Waals surface area contributed by atoms with Crippen molar-refractivity contribution in [2.45, 2.75) is 13.0 Å². The molecule has 0 unspecified atom stereocenters. The van der Waals surface area contributed by atoms with Gasteiger partial charge in [-0.2, -0.15) is 0 Å². The van der Waals surface area contributed by atoms with Gasteiger partial charge in [-0.15, -0.1) is 0 Å². The van der Waals surface area contributed by atoms with E-state index < -0.39 is 6.04 Å². The van der Waals surface area contributed by atoms with Gasteiger partial charge in [-0.05, 0) is 24.6 Å². The molecule has 2 heterocycles. The van der Waals surface area contributed by atoms with Crippen LogP contribution in [0.2, 0.25) is 0 Å². The molecule has 0 saturated heterocycles. The van der Waals surface area contributed by atoms with E-state index in [0.29, 0.717) is 11.5 Å². The Balaban J connectivity index is 1.72. The molecule has 124 valence electrons. The zero-order valence-corrected chi connectivity index (χ0v) is 13.6. The molecule has 4 rings (SSSR count). The van der Waals surface area contributed by atoms with Gasteiger partial charge in [0.1, 0.15) is 23.1 Å². The van der Waals surface area contributed by atoms with Crippen molar-refractivity contribution in [2.24, 2.45) is 0 Å². The average molecular weight is 332 g/mol. The number of nitrogens with zero attached hydrogens (tertiary/aromatic N) is 1. The Labute approximate surface area is 144 Å². The van der Waals surface area contributed by atoms with Gasteiger partial charge in [0.05, 0.1) is 0 Å². The van der Waals surface area contributed by atoms with Crippen LogP contribution in [0, 0.1) is 6.92 Å². The Hall–Kier alpha value is -3.34. The highest BCUT2D eigenvalue weighted by molar-refractivity contribution is 5.92. The van der Waals surface area contributed by atoms with Gasteiger partial charge in [-0.3, -0.25) is 4.79 Å². The van der Waals surface area contributed by atoms with Crippen LogP contribution in [0.5, 0.6) is 0 Å². The molecule has 0 aliphatic rings. The Bertz CT molecular complexity index is 985. The number of fused-ring (bicyclic) bond motifs is 1. The molecule has 1 amide bonds.